The molecule has 1 aromatic rings. The number of carbonyl (C=O) groups is 4. The first-order valence-corrected chi connectivity index (χ1v) is 6.08. The third-order valence-corrected chi connectivity index (χ3v) is 2.36. The molecule has 20 heavy (non-hydrogen) atoms. The second-order valence-electron chi connectivity index (χ2n) is 3.78. The zero-order valence-electron chi connectivity index (χ0n) is 11.2. The van der Waals surface area contributed by atoms with Gasteiger partial charge in [-0.3, -0.25) is 9.59 Å². The van der Waals surface area contributed by atoms with Crippen LogP contribution in [0.1, 0.15) is 47.4 Å². The Morgan fingerprint density at radius 3 is 1.45 bits per heavy atom. The van der Waals surface area contributed by atoms with Crippen molar-refractivity contribution in [3.05, 3.63) is 35.4 Å². The Morgan fingerprint density at radius 1 is 0.800 bits per heavy atom. The van der Waals surface area contributed by atoms with Crippen LogP contribution in [0.25, 0.3) is 0 Å². The van der Waals surface area contributed by atoms with Crippen molar-refractivity contribution in [3.8, 4) is 0 Å². The molecule has 0 unspecified atom stereocenters. The van der Waals surface area contributed by atoms with E-state index in [1.807, 2.05) is 0 Å². The first-order chi connectivity index (χ1) is 9.49. The molecule has 0 amide bonds. The van der Waals surface area contributed by atoms with Gasteiger partial charge in [-0.25, -0.2) is 9.59 Å². The number of ether oxygens (including phenoxy) is 2. The quantitative estimate of drug-likeness (QED) is 0.617. The molecule has 0 heterocycles. The first-order valence-electron chi connectivity index (χ1n) is 6.08. The number of benzene rings is 1. The summed E-state index contributed by atoms with van der Waals surface area (Å²) in [6.07, 6.45) is 0.0688. The summed E-state index contributed by atoms with van der Waals surface area (Å²) in [5.41, 5.74) is -0.244. The van der Waals surface area contributed by atoms with Gasteiger partial charge in [0.1, 0.15) is 0 Å². The van der Waals surface area contributed by atoms with Crippen molar-refractivity contribution in [2.75, 3.05) is 0 Å². The highest BCUT2D eigenvalue weighted by molar-refractivity contribution is 6.07. The Bertz CT molecular complexity index is 497. The average Bonchev–Trinajstić information content (AvgIpc) is 2.46. The first kappa shape index (κ1) is 15.6. The van der Waals surface area contributed by atoms with Crippen molar-refractivity contribution in [1.82, 2.24) is 0 Å². The summed E-state index contributed by atoms with van der Waals surface area (Å²) < 4.78 is 9.07. The lowest BCUT2D eigenvalue weighted by molar-refractivity contribution is -0.138. The van der Waals surface area contributed by atoms with E-state index in [2.05, 4.69) is 9.47 Å². The maximum atomic E-state index is 11.8. The zero-order chi connectivity index (χ0) is 15.1. The Balaban J connectivity index is 2.98. The van der Waals surface area contributed by atoms with Crippen LogP contribution in [-0.2, 0) is 19.1 Å². The Labute approximate surface area is 115 Å². The van der Waals surface area contributed by atoms with Gasteiger partial charge in [-0.05, 0) is 12.1 Å². The van der Waals surface area contributed by atoms with Gasteiger partial charge in [0.15, 0.2) is 0 Å². The zero-order valence-corrected chi connectivity index (χ0v) is 11.2. The van der Waals surface area contributed by atoms with E-state index in [-0.39, 0.29) is 24.0 Å². The highest BCUT2D eigenvalue weighted by atomic mass is 16.6. The van der Waals surface area contributed by atoms with Crippen molar-refractivity contribution in [1.29, 1.82) is 0 Å². The minimum atomic E-state index is -0.951. The van der Waals surface area contributed by atoms with Crippen LogP contribution in [0.3, 0.4) is 0 Å². The topological polar surface area (TPSA) is 86.7 Å². The molecule has 6 nitrogen and oxygen atoms in total. The molecule has 106 valence electrons. The fourth-order valence-corrected chi connectivity index (χ4v) is 1.30. The lowest BCUT2D eigenvalue weighted by Crippen LogP contribution is -2.18. The lowest BCUT2D eigenvalue weighted by atomic mass is 10.1. The van der Waals surface area contributed by atoms with Crippen molar-refractivity contribution in [3.63, 3.8) is 0 Å². The van der Waals surface area contributed by atoms with E-state index >= 15 is 0 Å². The number of esters is 4. The summed E-state index contributed by atoms with van der Waals surface area (Å²) in [5.74, 6) is -3.31. The molecule has 0 aliphatic carbocycles. The van der Waals surface area contributed by atoms with Crippen LogP contribution in [0.15, 0.2) is 24.3 Å². The number of carbonyl (C=O) groups excluding carboxylic acids is 4. The standard InChI is InChI=1S/C14H14O6/c1-3-11(15)19-13(17)9-7-5-6-8-10(9)14(18)20-12(16)4-2/h5-8H,3-4H2,1-2H3. The Kier molecular flexibility index (Phi) is 5.58. The minimum Gasteiger partial charge on any atom is -0.389 e. The fraction of sp³-hybridized carbons (Fsp3) is 0.286. The van der Waals surface area contributed by atoms with E-state index in [9.17, 15) is 19.2 Å². The molecule has 0 saturated heterocycles. The maximum absolute atomic E-state index is 11.8. The van der Waals surface area contributed by atoms with Crippen LogP contribution in [0.5, 0.6) is 0 Å². The molecule has 0 atom stereocenters. The molecule has 0 spiro atoms. The molecule has 1 aromatic carbocycles. The molecule has 6 heteroatoms. The molecular weight excluding hydrogens is 264 g/mol. The van der Waals surface area contributed by atoms with Crippen LogP contribution in [0, 0.1) is 0 Å². The van der Waals surface area contributed by atoms with Crippen molar-refractivity contribution in [2.24, 2.45) is 0 Å². The molecule has 0 aliphatic rings. The lowest BCUT2D eigenvalue weighted by Gasteiger charge is -2.07. The number of rotatable bonds is 4. The Hall–Kier alpha value is -2.50. The van der Waals surface area contributed by atoms with Crippen molar-refractivity contribution in [2.45, 2.75) is 26.7 Å². The smallest absolute Gasteiger partial charge is 0.346 e. The van der Waals surface area contributed by atoms with Gasteiger partial charge in [0, 0.05) is 12.8 Å². The largest absolute Gasteiger partial charge is 0.389 e. The van der Waals surface area contributed by atoms with Gasteiger partial charge in [0.05, 0.1) is 11.1 Å². The van der Waals surface area contributed by atoms with E-state index in [1.54, 1.807) is 0 Å². The molecule has 0 aromatic heterocycles. The number of hydrogen-bond acceptors (Lipinski definition) is 6. The molecule has 0 bridgehead atoms. The van der Waals surface area contributed by atoms with Gasteiger partial charge in [-0.15, -0.1) is 0 Å². The van der Waals surface area contributed by atoms with E-state index in [0.717, 1.165) is 0 Å². The fourth-order valence-electron chi connectivity index (χ4n) is 1.30. The molecule has 0 aliphatic heterocycles. The predicted octanol–water partition coefficient (Wildman–Crippen LogP) is 1.87. The Morgan fingerprint density at radius 2 is 1.15 bits per heavy atom. The van der Waals surface area contributed by atoms with Crippen LogP contribution >= 0.6 is 0 Å². The summed E-state index contributed by atoms with van der Waals surface area (Å²) in [6.45, 7) is 3.07. The van der Waals surface area contributed by atoms with Gasteiger partial charge in [-0.2, -0.15) is 0 Å². The second kappa shape index (κ2) is 7.18. The molecule has 0 N–H and O–H groups in total. The highest BCUT2D eigenvalue weighted by Gasteiger charge is 2.22. The van der Waals surface area contributed by atoms with E-state index < -0.39 is 23.9 Å². The molecule has 0 fully saturated rings. The molecule has 0 saturated carbocycles. The second-order valence-corrected chi connectivity index (χ2v) is 3.78. The molecule has 0 radical (unpaired) electrons. The van der Waals surface area contributed by atoms with Gasteiger partial charge >= 0.3 is 23.9 Å². The average molecular weight is 278 g/mol. The number of hydrogen-bond donors (Lipinski definition) is 0. The third-order valence-electron chi connectivity index (χ3n) is 2.36. The van der Waals surface area contributed by atoms with E-state index in [4.69, 9.17) is 0 Å². The summed E-state index contributed by atoms with van der Waals surface area (Å²) in [5, 5.41) is 0. The summed E-state index contributed by atoms with van der Waals surface area (Å²) in [7, 11) is 0. The van der Waals surface area contributed by atoms with E-state index in [0.29, 0.717) is 0 Å². The van der Waals surface area contributed by atoms with Crippen LogP contribution < -0.4 is 0 Å². The van der Waals surface area contributed by atoms with Gasteiger partial charge in [0.2, 0.25) is 0 Å². The molecule has 1 rings (SSSR count). The normalized spacial score (nSPS) is 9.70. The van der Waals surface area contributed by atoms with Gasteiger partial charge < -0.3 is 9.47 Å². The highest BCUT2D eigenvalue weighted by Crippen LogP contribution is 2.12. The SMILES string of the molecule is CCC(=O)OC(=O)c1ccccc1C(=O)OC(=O)CC. The molecular formula is C14H14O6. The van der Waals surface area contributed by atoms with E-state index in [1.165, 1.54) is 38.1 Å². The minimum absolute atomic E-state index is 0.0344. The maximum Gasteiger partial charge on any atom is 0.346 e. The van der Waals surface area contributed by atoms with Crippen LogP contribution in [-0.4, -0.2) is 23.9 Å². The predicted molar refractivity (Wildman–Crippen MR) is 67.9 cm³/mol. The monoisotopic (exact) mass is 278 g/mol. The third kappa shape index (κ3) is 4.01. The van der Waals surface area contributed by atoms with Gasteiger partial charge in [-0.1, -0.05) is 26.0 Å². The van der Waals surface area contributed by atoms with Crippen LogP contribution in [0.2, 0.25) is 0 Å². The summed E-state index contributed by atoms with van der Waals surface area (Å²) in [4.78, 5) is 45.7. The van der Waals surface area contributed by atoms with Gasteiger partial charge in [0.25, 0.3) is 0 Å². The van der Waals surface area contributed by atoms with Crippen molar-refractivity contribution >= 4 is 23.9 Å². The van der Waals surface area contributed by atoms with Crippen molar-refractivity contribution < 1.29 is 28.7 Å². The van der Waals surface area contributed by atoms with Crippen LogP contribution in [0.4, 0.5) is 0 Å². The summed E-state index contributed by atoms with van der Waals surface area (Å²) >= 11 is 0. The summed E-state index contributed by atoms with van der Waals surface area (Å²) in [6, 6.07) is 5.65.